The van der Waals surface area contributed by atoms with Crippen LogP contribution >= 0.6 is 0 Å². The van der Waals surface area contributed by atoms with Crippen molar-refractivity contribution in [2.45, 2.75) is 0 Å². The Labute approximate surface area is 71.5 Å². The molecule has 0 aliphatic carbocycles. The molecule has 0 aromatic heterocycles. The molecule has 0 saturated carbocycles. The normalized spacial score (nSPS) is 9.50. The maximum Gasteiger partial charge on any atom is 0.495 e. The van der Waals surface area contributed by atoms with Gasteiger partial charge in [0.15, 0.2) is 0 Å². The molecule has 5 nitrogen and oxygen atoms in total. The number of benzene rings is 1. The SMILES string of the molecule is O=[N+]([O-])c1ccccc1B(O)O.[HH].[HH]. The lowest BCUT2D eigenvalue weighted by molar-refractivity contribution is -0.383. The van der Waals surface area contributed by atoms with Gasteiger partial charge in [-0.1, -0.05) is 18.2 Å². The molecule has 0 aliphatic heterocycles. The van der Waals surface area contributed by atoms with E-state index in [1.807, 2.05) is 0 Å². The maximum absolute atomic E-state index is 10.3. The number of hydrogen-bond acceptors (Lipinski definition) is 4. The van der Waals surface area contributed by atoms with Gasteiger partial charge in [0, 0.05) is 8.92 Å². The standard InChI is InChI=1S/C6H6BNO4.2H2/c9-7(10)5-3-1-2-4-6(5)8(11)12;;/h1-4,9-10H;2*1H. The largest absolute Gasteiger partial charge is 0.495 e. The minimum Gasteiger partial charge on any atom is -0.423 e. The summed E-state index contributed by atoms with van der Waals surface area (Å²) in [6.45, 7) is 0. The number of nitrogens with zero attached hydrogens (tertiary/aromatic N) is 1. The fraction of sp³-hybridized carbons (Fsp3) is 0. The lowest BCUT2D eigenvalue weighted by Crippen LogP contribution is -2.31. The van der Waals surface area contributed by atoms with Crippen molar-refractivity contribution in [3.05, 3.63) is 34.4 Å². The van der Waals surface area contributed by atoms with E-state index in [1.54, 1.807) is 0 Å². The van der Waals surface area contributed by atoms with Crippen LogP contribution in [0.15, 0.2) is 24.3 Å². The van der Waals surface area contributed by atoms with E-state index in [2.05, 4.69) is 0 Å². The monoisotopic (exact) mass is 171 g/mol. The van der Waals surface area contributed by atoms with Crippen LogP contribution < -0.4 is 5.46 Å². The number of hydrogen-bond donors (Lipinski definition) is 2. The Bertz CT molecular complexity index is 310. The molecule has 0 radical (unpaired) electrons. The molecule has 0 atom stereocenters. The predicted octanol–water partition coefficient (Wildman–Crippen LogP) is -0.233. The maximum atomic E-state index is 10.3. The van der Waals surface area contributed by atoms with Gasteiger partial charge in [0.25, 0.3) is 5.69 Å². The van der Waals surface area contributed by atoms with Gasteiger partial charge in [-0.3, -0.25) is 10.1 Å². The Hall–Kier alpha value is -1.40. The number of nitro benzene ring substituents is 1. The zero-order valence-electron chi connectivity index (χ0n) is 6.04. The molecule has 12 heavy (non-hydrogen) atoms. The summed E-state index contributed by atoms with van der Waals surface area (Å²) in [5.41, 5.74) is -0.380. The fourth-order valence-corrected chi connectivity index (χ4v) is 0.872. The minimum absolute atomic E-state index is 0. The second-order valence-electron chi connectivity index (χ2n) is 2.19. The van der Waals surface area contributed by atoms with E-state index in [0.29, 0.717) is 0 Å². The lowest BCUT2D eigenvalue weighted by atomic mass is 9.79. The highest BCUT2D eigenvalue weighted by Gasteiger charge is 2.22. The van der Waals surface area contributed by atoms with Crippen LogP contribution in [0.4, 0.5) is 5.69 Å². The third kappa shape index (κ3) is 1.61. The second-order valence-corrected chi connectivity index (χ2v) is 2.19. The third-order valence-electron chi connectivity index (χ3n) is 1.41. The van der Waals surface area contributed by atoms with Crippen molar-refractivity contribution >= 4 is 18.3 Å². The molecule has 0 aliphatic rings. The summed E-state index contributed by atoms with van der Waals surface area (Å²) >= 11 is 0. The highest BCUT2D eigenvalue weighted by atomic mass is 16.6. The smallest absolute Gasteiger partial charge is 0.423 e. The van der Waals surface area contributed by atoms with E-state index in [1.165, 1.54) is 24.3 Å². The summed E-state index contributed by atoms with van der Waals surface area (Å²) in [6.07, 6.45) is 0. The molecule has 6 heteroatoms. The van der Waals surface area contributed by atoms with Gasteiger partial charge in [-0.2, -0.15) is 0 Å². The van der Waals surface area contributed by atoms with Gasteiger partial charge in [0.1, 0.15) is 0 Å². The van der Waals surface area contributed by atoms with E-state index >= 15 is 0 Å². The van der Waals surface area contributed by atoms with Crippen LogP contribution in [0.1, 0.15) is 2.85 Å². The first-order valence-corrected chi connectivity index (χ1v) is 3.22. The van der Waals surface area contributed by atoms with Gasteiger partial charge >= 0.3 is 7.12 Å². The zero-order chi connectivity index (χ0) is 9.14. The second kappa shape index (κ2) is 3.33. The Balaban J connectivity index is 0. The molecule has 2 N–H and O–H groups in total. The molecular formula is C6H10BNO4. The Morgan fingerprint density at radius 1 is 1.42 bits per heavy atom. The Morgan fingerprint density at radius 2 is 2.00 bits per heavy atom. The van der Waals surface area contributed by atoms with Gasteiger partial charge in [0.05, 0.1) is 10.4 Å². The molecule has 66 valence electrons. The molecule has 0 unspecified atom stereocenters. The van der Waals surface area contributed by atoms with Crippen molar-refractivity contribution in [1.29, 1.82) is 0 Å². The predicted molar refractivity (Wildman–Crippen MR) is 47.2 cm³/mol. The molecule has 0 heterocycles. The Morgan fingerprint density at radius 3 is 2.42 bits per heavy atom. The van der Waals surface area contributed by atoms with E-state index in [0.717, 1.165) is 0 Å². The van der Waals surface area contributed by atoms with Crippen molar-refractivity contribution in [1.82, 2.24) is 0 Å². The molecular weight excluding hydrogens is 161 g/mol. The number of para-hydroxylation sites is 1. The Kier molecular flexibility index (Phi) is 2.42. The van der Waals surface area contributed by atoms with Crippen molar-refractivity contribution in [3.8, 4) is 0 Å². The van der Waals surface area contributed by atoms with Crippen LogP contribution in [-0.4, -0.2) is 22.1 Å². The first-order chi connectivity index (χ1) is 5.63. The van der Waals surface area contributed by atoms with E-state index in [4.69, 9.17) is 10.0 Å². The first-order valence-electron chi connectivity index (χ1n) is 3.22. The quantitative estimate of drug-likeness (QED) is 0.365. The van der Waals surface area contributed by atoms with E-state index in [-0.39, 0.29) is 14.0 Å². The minimum atomic E-state index is -1.80. The van der Waals surface area contributed by atoms with Gasteiger partial charge in [0.2, 0.25) is 0 Å². The average molecular weight is 171 g/mol. The van der Waals surface area contributed by atoms with Crippen LogP contribution in [0.3, 0.4) is 0 Å². The lowest BCUT2D eigenvalue weighted by Gasteiger charge is -1.99. The molecule has 0 saturated heterocycles. The molecule has 1 rings (SSSR count). The van der Waals surface area contributed by atoms with Crippen molar-refractivity contribution < 1.29 is 17.8 Å². The van der Waals surface area contributed by atoms with Gasteiger partial charge in [-0.15, -0.1) is 0 Å². The highest BCUT2D eigenvalue weighted by molar-refractivity contribution is 6.60. The van der Waals surface area contributed by atoms with Crippen molar-refractivity contribution in [2.24, 2.45) is 0 Å². The highest BCUT2D eigenvalue weighted by Crippen LogP contribution is 2.06. The summed E-state index contributed by atoms with van der Waals surface area (Å²) in [5, 5.41) is 27.7. The van der Waals surface area contributed by atoms with Crippen LogP contribution in [0.2, 0.25) is 0 Å². The fourth-order valence-electron chi connectivity index (χ4n) is 0.872. The molecule has 0 spiro atoms. The zero-order valence-corrected chi connectivity index (χ0v) is 6.04. The van der Waals surface area contributed by atoms with Crippen LogP contribution in [-0.2, 0) is 0 Å². The van der Waals surface area contributed by atoms with Crippen molar-refractivity contribution in [3.63, 3.8) is 0 Å². The number of nitro groups is 1. The topological polar surface area (TPSA) is 83.6 Å². The van der Waals surface area contributed by atoms with Gasteiger partial charge in [-0.25, -0.2) is 0 Å². The molecule has 0 bridgehead atoms. The van der Waals surface area contributed by atoms with Crippen LogP contribution in [0.5, 0.6) is 0 Å². The molecule has 0 amide bonds. The van der Waals surface area contributed by atoms with Gasteiger partial charge in [-0.05, 0) is 0 Å². The molecule has 1 aromatic carbocycles. The van der Waals surface area contributed by atoms with Gasteiger partial charge < -0.3 is 10.0 Å². The number of rotatable bonds is 2. The van der Waals surface area contributed by atoms with E-state index < -0.39 is 12.0 Å². The molecule has 0 fully saturated rings. The molecule has 1 aromatic rings. The summed E-state index contributed by atoms with van der Waals surface area (Å²) in [5.74, 6) is 0. The van der Waals surface area contributed by atoms with E-state index in [9.17, 15) is 10.1 Å². The summed E-state index contributed by atoms with van der Waals surface area (Å²) in [6, 6.07) is 5.48. The first kappa shape index (κ1) is 8.70. The summed E-state index contributed by atoms with van der Waals surface area (Å²) in [7, 11) is -1.80. The average Bonchev–Trinajstić information content (AvgIpc) is 2.04. The van der Waals surface area contributed by atoms with Crippen molar-refractivity contribution in [2.75, 3.05) is 0 Å². The summed E-state index contributed by atoms with van der Waals surface area (Å²) in [4.78, 5) is 9.65. The summed E-state index contributed by atoms with van der Waals surface area (Å²) < 4.78 is 0. The van der Waals surface area contributed by atoms with Crippen LogP contribution in [0.25, 0.3) is 0 Å². The van der Waals surface area contributed by atoms with Crippen LogP contribution in [0, 0.1) is 10.1 Å². The third-order valence-corrected chi connectivity index (χ3v) is 1.41.